The van der Waals surface area contributed by atoms with E-state index in [-0.39, 0.29) is 0 Å². The zero-order valence-electron chi connectivity index (χ0n) is 11.0. The molecule has 0 unspecified atom stereocenters. The highest BCUT2D eigenvalue weighted by Crippen LogP contribution is 2.19. The van der Waals surface area contributed by atoms with E-state index in [2.05, 4.69) is 50.8 Å². The Bertz CT molecular complexity index is 332. The number of nitrogens with zero attached hydrogens (tertiary/aromatic N) is 1. The normalized spacial score (nSPS) is 10.9. The Morgan fingerprint density at radius 1 is 1.31 bits per heavy atom. The summed E-state index contributed by atoms with van der Waals surface area (Å²) in [5, 5.41) is 0. The molecule has 0 saturated heterocycles. The standard InChI is InChI=1S/C14H24N2/c1-5-16(10-11(2)3)14-7-6-13(9-15)12(4)8-14/h6-8,11H,5,9-10,15H2,1-4H3. The maximum atomic E-state index is 5.68. The lowest BCUT2D eigenvalue weighted by atomic mass is 10.1. The minimum Gasteiger partial charge on any atom is -0.372 e. The molecule has 0 heterocycles. The number of benzene rings is 1. The minimum atomic E-state index is 0.627. The van der Waals surface area contributed by atoms with Crippen LogP contribution in [0.3, 0.4) is 0 Å². The molecule has 90 valence electrons. The van der Waals surface area contributed by atoms with Crippen molar-refractivity contribution < 1.29 is 0 Å². The summed E-state index contributed by atoms with van der Waals surface area (Å²) < 4.78 is 0. The summed E-state index contributed by atoms with van der Waals surface area (Å²) in [6.07, 6.45) is 0. The van der Waals surface area contributed by atoms with E-state index in [0.29, 0.717) is 12.5 Å². The first-order chi connectivity index (χ1) is 7.58. The number of rotatable bonds is 5. The third-order valence-electron chi connectivity index (χ3n) is 2.88. The Kier molecular flexibility index (Phi) is 4.81. The molecule has 0 aromatic heterocycles. The average molecular weight is 220 g/mol. The van der Waals surface area contributed by atoms with Crippen LogP contribution in [0, 0.1) is 12.8 Å². The van der Waals surface area contributed by atoms with Crippen LogP contribution in [0.2, 0.25) is 0 Å². The van der Waals surface area contributed by atoms with Gasteiger partial charge in [-0.05, 0) is 43.0 Å². The molecular formula is C14H24N2. The van der Waals surface area contributed by atoms with E-state index in [9.17, 15) is 0 Å². The molecule has 0 aliphatic heterocycles. The lowest BCUT2D eigenvalue weighted by Gasteiger charge is -2.26. The van der Waals surface area contributed by atoms with Crippen molar-refractivity contribution in [2.24, 2.45) is 11.7 Å². The zero-order valence-corrected chi connectivity index (χ0v) is 11.0. The highest BCUT2D eigenvalue weighted by molar-refractivity contribution is 5.50. The highest BCUT2D eigenvalue weighted by Gasteiger charge is 2.07. The van der Waals surface area contributed by atoms with E-state index in [1.54, 1.807) is 0 Å². The predicted molar refractivity (Wildman–Crippen MR) is 71.8 cm³/mol. The maximum absolute atomic E-state index is 5.68. The Morgan fingerprint density at radius 2 is 2.00 bits per heavy atom. The van der Waals surface area contributed by atoms with Gasteiger partial charge in [-0.2, -0.15) is 0 Å². The lowest BCUT2D eigenvalue weighted by Crippen LogP contribution is -2.27. The van der Waals surface area contributed by atoms with E-state index in [1.807, 2.05) is 0 Å². The van der Waals surface area contributed by atoms with Gasteiger partial charge in [-0.25, -0.2) is 0 Å². The molecule has 1 rings (SSSR count). The second-order valence-corrected chi connectivity index (χ2v) is 4.75. The third kappa shape index (κ3) is 3.24. The Labute approximate surface area is 99.5 Å². The van der Waals surface area contributed by atoms with Crippen LogP contribution < -0.4 is 10.6 Å². The number of nitrogens with two attached hydrogens (primary N) is 1. The summed E-state index contributed by atoms with van der Waals surface area (Å²) >= 11 is 0. The van der Waals surface area contributed by atoms with Crippen LogP contribution >= 0.6 is 0 Å². The molecule has 0 aliphatic carbocycles. The van der Waals surface area contributed by atoms with Crippen molar-refractivity contribution >= 4 is 5.69 Å². The van der Waals surface area contributed by atoms with Crippen LogP contribution in [0.25, 0.3) is 0 Å². The van der Waals surface area contributed by atoms with Gasteiger partial charge >= 0.3 is 0 Å². The monoisotopic (exact) mass is 220 g/mol. The first-order valence-electron chi connectivity index (χ1n) is 6.13. The van der Waals surface area contributed by atoms with E-state index in [0.717, 1.165) is 13.1 Å². The van der Waals surface area contributed by atoms with Crippen molar-refractivity contribution in [2.75, 3.05) is 18.0 Å². The Balaban J connectivity index is 2.89. The smallest absolute Gasteiger partial charge is 0.0369 e. The van der Waals surface area contributed by atoms with Gasteiger partial charge < -0.3 is 10.6 Å². The van der Waals surface area contributed by atoms with Crippen molar-refractivity contribution in [3.8, 4) is 0 Å². The van der Waals surface area contributed by atoms with Gasteiger partial charge in [0.2, 0.25) is 0 Å². The van der Waals surface area contributed by atoms with Gasteiger partial charge in [-0.3, -0.25) is 0 Å². The average Bonchev–Trinajstić information content (AvgIpc) is 2.25. The van der Waals surface area contributed by atoms with Crippen LogP contribution in [-0.4, -0.2) is 13.1 Å². The summed E-state index contributed by atoms with van der Waals surface area (Å²) in [5.74, 6) is 0.689. The predicted octanol–water partition coefficient (Wildman–Crippen LogP) is 2.94. The molecule has 2 N–H and O–H groups in total. The number of aryl methyl sites for hydroxylation is 1. The van der Waals surface area contributed by atoms with Crippen LogP contribution in [0.1, 0.15) is 31.9 Å². The molecule has 1 aromatic carbocycles. The number of hydrogen-bond donors (Lipinski definition) is 1. The molecule has 0 amide bonds. The van der Waals surface area contributed by atoms with Crippen molar-refractivity contribution in [2.45, 2.75) is 34.2 Å². The van der Waals surface area contributed by atoms with E-state index >= 15 is 0 Å². The zero-order chi connectivity index (χ0) is 12.1. The molecule has 0 fully saturated rings. The number of anilines is 1. The van der Waals surface area contributed by atoms with Crippen molar-refractivity contribution in [3.05, 3.63) is 29.3 Å². The molecular weight excluding hydrogens is 196 g/mol. The van der Waals surface area contributed by atoms with Crippen LogP contribution in [0.15, 0.2) is 18.2 Å². The largest absolute Gasteiger partial charge is 0.372 e. The first-order valence-corrected chi connectivity index (χ1v) is 6.13. The quantitative estimate of drug-likeness (QED) is 0.826. The number of hydrogen-bond acceptors (Lipinski definition) is 2. The topological polar surface area (TPSA) is 29.3 Å². The van der Waals surface area contributed by atoms with E-state index < -0.39 is 0 Å². The molecule has 0 radical (unpaired) electrons. The minimum absolute atomic E-state index is 0.627. The molecule has 2 heteroatoms. The van der Waals surface area contributed by atoms with E-state index in [1.165, 1.54) is 16.8 Å². The van der Waals surface area contributed by atoms with Crippen LogP contribution in [-0.2, 0) is 6.54 Å². The van der Waals surface area contributed by atoms with Crippen LogP contribution in [0.4, 0.5) is 5.69 Å². The van der Waals surface area contributed by atoms with Gasteiger partial charge in [0.15, 0.2) is 0 Å². The molecule has 16 heavy (non-hydrogen) atoms. The molecule has 0 bridgehead atoms. The fourth-order valence-corrected chi connectivity index (χ4v) is 1.96. The van der Waals surface area contributed by atoms with Crippen LogP contribution in [0.5, 0.6) is 0 Å². The van der Waals surface area contributed by atoms with Gasteiger partial charge in [0.05, 0.1) is 0 Å². The fourth-order valence-electron chi connectivity index (χ4n) is 1.96. The molecule has 1 aromatic rings. The molecule has 2 nitrogen and oxygen atoms in total. The van der Waals surface area contributed by atoms with Gasteiger partial charge in [-0.1, -0.05) is 19.9 Å². The summed E-state index contributed by atoms with van der Waals surface area (Å²) in [6, 6.07) is 6.57. The van der Waals surface area contributed by atoms with Crippen molar-refractivity contribution in [3.63, 3.8) is 0 Å². The Hall–Kier alpha value is -1.02. The second kappa shape index (κ2) is 5.90. The summed E-state index contributed by atoms with van der Waals surface area (Å²) in [7, 11) is 0. The Morgan fingerprint density at radius 3 is 2.44 bits per heavy atom. The maximum Gasteiger partial charge on any atom is 0.0369 e. The van der Waals surface area contributed by atoms with Gasteiger partial charge in [0, 0.05) is 25.3 Å². The third-order valence-corrected chi connectivity index (χ3v) is 2.88. The van der Waals surface area contributed by atoms with E-state index in [4.69, 9.17) is 5.73 Å². The fraction of sp³-hybridized carbons (Fsp3) is 0.571. The highest BCUT2D eigenvalue weighted by atomic mass is 15.1. The second-order valence-electron chi connectivity index (χ2n) is 4.75. The van der Waals surface area contributed by atoms with Gasteiger partial charge in [-0.15, -0.1) is 0 Å². The van der Waals surface area contributed by atoms with Gasteiger partial charge in [0.1, 0.15) is 0 Å². The molecule has 0 aliphatic rings. The molecule has 0 saturated carbocycles. The van der Waals surface area contributed by atoms with Crippen molar-refractivity contribution in [1.29, 1.82) is 0 Å². The summed E-state index contributed by atoms with van der Waals surface area (Å²) in [6.45, 7) is 11.6. The first kappa shape index (κ1) is 13.0. The summed E-state index contributed by atoms with van der Waals surface area (Å²) in [5.41, 5.74) is 9.52. The summed E-state index contributed by atoms with van der Waals surface area (Å²) in [4.78, 5) is 2.41. The molecule has 0 spiro atoms. The SMILES string of the molecule is CCN(CC(C)C)c1ccc(CN)c(C)c1. The van der Waals surface area contributed by atoms with Gasteiger partial charge in [0.25, 0.3) is 0 Å². The molecule has 0 atom stereocenters. The lowest BCUT2D eigenvalue weighted by molar-refractivity contribution is 0.618. The van der Waals surface area contributed by atoms with Crippen molar-refractivity contribution in [1.82, 2.24) is 0 Å².